The van der Waals surface area contributed by atoms with Gasteiger partial charge in [-0.1, -0.05) is 41.4 Å². The molecule has 0 heterocycles. The molecule has 9 heteroatoms. The molecule has 1 saturated carbocycles. The maximum Gasteiger partial charge on any atom is 0.328 e. The number of methoxy groups -OCH3 is 1. The summed E-state index contributed by atoms with van der Waals surface area (Å²) >= 11 is 12.3. The lowest BCUT2D eigenvalue weighted by Gasteiger charge is -2.19. The van der Waals surface area contributed by atoms with E-state index in [1.54, 1.807) is 42.5 Å². The molecule has 7 nitrogen and oxygen atoms in total. The number of rotatable bonds is 9. The van der Waals surface area contributed by atoms with Crippen LogP contribution in [0.3, 0.4) is 0 Å². The molecule has 0 radical (unpaired) electrons. The zero-order valence-electron chi connectivity index (χ0n) is 18.1. The van der Waals surface area contributed by atoms with Crippen LogP contribution in [0.2, 0.25) is 10.0 Å². The van der Waals surface area contributed by atoms with Gasteiger partial charge in [0.25, 0.3) is 0 Å². The Morgan fingerprint density at radius 2 is 1.70 bits per heavy atom. The topological polar surface area (TPSA) is 102 Å². The Kier molecular flexibility index (Phi) is 8.58. The molecule has 3 rings (SSSR count). The van der Waals surface area contributed by atoms with Gasteiger partial charge in [-0.2, -0.15) is 0 Å². The van der Waals surface area contributed by atoms with Crippen LogP contribution in [0.15, 0.2) is 42.5 Å². The number of carboxylic acid groups (broad SMARTS) is 1. The molecule has 1 fully saturated rings. The maximum absolute atomic E-state index is 12.6. The van der Waals surface area contributed by atoms with Crippen LogP contribution in [0, 0.1) is 11.8 Å². The van der Waals surface area contributed by atoms with Gasteiger partial charge in [-0.3, -0.25) is 9.59 Å². The minimum atomic E-state index is -0.895. The molecule has 1 aliphatic carbocycles. The molecular weight excluding hydrogens is 469 g/mol. The summed E-state index contributed by atoms with van der Waals surface area (Å²) in [5.74, 6) is -2.14. The van der Waals surface area contributed by atoms with E-state index in [4.69, 9.17) is 37.8 Å². The summed E-state index contributed by atoms with van der Waals surface area (Å²) in [4.78, 5) is 36.0. The van der Waals surface area contributed by atoms with Crippen LogP contribution >= 0.6 is 23.2 Å². The second-order valence-electron chi connectivity index (χ2n) is 7.97. The Morgan fingerprint density at radius 3 is 2.27 bits per heavy atom. The molecule has 2 aromatic rings. The number of carboxylic acids is 1. The van der Waals surface area contributed by atoms with Crippen molar-refractivity contribution in [3.63, 3.8) is 0 Å². The fourth-order valence-electron chi connectivity index (χ4n) is 3.85. The third-order valence-corrected chi connectivity index (χ3v) is 6.47. The molecule has 176 valence electrons. The summed E-state index contributed by atoms with van der Waals surface area (Å²) in [6, 6.07) is 11.5. The van der Waals surface area contributed by atoms with Crippen molar-refractivity contribution < 1.29 is 29.0 Å². The van der Waals surface area contributed by atoms with Gasteiger partial charge in [0.15, 0.2) is 0 Å². The largest absolute Gasteiger partial charge is 0.489 e. The lowest BCUT2D eigenvalue weighted by Crippen LogP contribution is -2.45. The number of carbonyl (C=O) groups excluding carboxylic acids is 2. The normalized spacial score (nSPS) is 18.4. The molecule has 1 aliphatic rings. The Balaban J connectivity index is 1.60. The first-order valence-corrected chi connectivity index (χ1v) is 11.3. The Morgan fingerprint density at radius 1 is 1.06 bits per heavy atom. The predicted octanol–water partition coefficient (Wildman–Crippen LogP) is 4.27. The first kappa shape index (κ1) is 24.9. The molecule has 3 atom stereocenters. The first-order valence-electron chi connectivity index (χ1n) is 10.5. The van der Waals surface area contributed by atoms with Gasteiger partial charge in [0.1, 0.15) is 18.4 Å². The highest BCUT2D eigenvalue weighted by Gasteiger charge is 2.35. The molecule has 33 heavy (non-hydrogen) atoms. The van der Waals surface area contributed by atoms with Gasteiger partial charge < -0.3 is 19.9 Å². The van der Waals surface area contributed by atoms with Gasteiger partial charge in [-0.25, -0.2) is 4.79 Å². The van der Waals surface area contributed by atoms with Gasteiger partial charge >= 0.3 is 11.9 Å². The Hall–Kier alpha value is -2.77. The molecule has 0 aromatic heterocycles. The minimum Gasteiger partial charge on any atom is -0.489 e. The molecule has 2 aromatic carbocycles. The van der Waals surface area contributed by atoms with Crippen LogP contribution in [0.5, 0.6) is 5.75 Å². The molecule has 2 N–H and O–H groups in total. The lowest BCUT2D eigenvalue weighted by atomic mass is 10.0. The standard InChI is InChI=1S/C24H25Cl2NO6/c1-32-24(31)21(27-22(28)15-7-8-16(12-15)23(29)30)11-14-5-9-17(10-6-14)33-13-18-19(25)3-2-4-20(18)26/h2-6,9-10,15-16,21H,7-8,11-13H2,1H3,(H,27,28)(H,29,30)/t15?,16?,21-/m0/s1. The number of amides is 1. The predicted molar refractivity (Wildman–Crippen MR) is 123 cm³/mol. The molecule has 0 bridgehead atoms. The number of halogens is 2. The van der Waals surface area contributed by atoms with Crippen LogP contribution in [-0.4, -0.2) is 36.1 Å². The van der Waals surface area contributed by atoms with Crippen molar-refractivity contribution in [1.29, 1.82) is 0 Å². The van der Waals surface area contributed by atoms with E-state index in [0.29, 0.717) is 34.2 Å². The van der Waals surface area contributed by atoms with E-state index in [2.05, 4.69) is 5.32 Å². The van der Waals surface area contributed by atoms with Crippen molar-refractivity contribution in [2.45, 2.75) is 38.3 Å². The van der Waals surface area contributed by atoms with Crippen LogP contribution in [0.1, 0.15) is 30.4 Å². The van der Waals surface area contributed by atoms with E-state index in [9.17, 15) is 14.4 Å². The molecule has 2 unspecified atom stereocenters. The lowest BCUT2D eigenvalue weighted by molar-refractivity contribution is -0.146. The molecule has 0 aliphatic heterocycles. The highest BCUT2D eigenvalue weighted by atomic mass is 35.5. The number of aliphatic carboxylic acids is 1. The fourth-order valence-corrected chi connectivity index (χ4v) is 4.36. The van der Waals surface area contributed by atoms with Gasteiger partial charge in [0, 0.05) is 27.9 Å². The number of hydrogen-bond donors (Lipinski definition) is 2. The monoisotopic (exact) mass is 493 g/mol. The van der Waals surface area contributed by atoms with E-state index in [1.165, 1.54) is 7.11 Å². The quantitative estimate of drug-likeness (QED) is 0.505. The molecular formula is C24H25Cl2NO6. The van der Waals surface area contributed by atoms with Crippen molar-refractivity contribution in [1.82, 2.24) is 5.32 Å². The number of hydrogen-bond acceptors (Lipinski definition) is 5. The maximum atomic E-state index is 12.6. The smallest absolute Gasteiger partial charge is 0.328 e. The van der Waals surface area contributed by atoms with Crippen LogP contribution in [0.4, 0.5) is 0 Å². The number of carbonyl (C=O) groups is 3. The highest BCUT2D eigenvalue weighted by molar-refractivity contribution is 6.35. The van der Waals surface area contributed by atoms with E-state index in [0.717, 1.165) is 5.56 Å². The van der Waals surface area contributed by atoms with E-state index < -0.39 is 29.8 Å². The second kappa shape index (κ2) is 11.4. The third kappa shape index (κ3) is 6.62. The van der Waals surface area contributed by atoms with Crippen LogP contribution < -0.4 is 10.1 Å². The van der Waals surface area contributed by atoms with E-state index in [1.807, 2.05) is 0 Å². The van der Waals surface area contributed by atoms with Gasteiger partial charge in [-0.05, 0) is 49.1 Å². The summed E-state index contributed by atoms with van der Waals surface area (Å²) in [5, 5.41) is 12.9. The zero-order chi connectivity index (χ0) is 24.0. The van der Waals surface area contributed by atoms with Crippen LogP contribution in [0.25, 0.3) is 0 Å². The number of benzene rings is 2. The number of esters is 1. The first-order chi connectivity index (χ1) is 15.8. The third-order valence-electron chi connectivity index (χ3n) is 5.76. The van der Waals surface area contributed by atoms with Crippen molar-refractivity contribution in [3.05, 3.63) is 63.6 Å². The SMILES string of the molecule is COC(=O)[C@H](Cc1ccc(OCc2c(Cl)cccc2Cl)cc1)NC(=O)C1CCC(C(=O)O)C1. The van der Waals surface area contributed by atoms with Gasteiger partial charge in [-0.15, -0.1) is 0 Å². The summed E-state index contributed by atoms with van der Waals surface area (Å²) in [6.07, 6.45) is 1.44. The number of ether oxygens (including phenoxy) is 2. The fraction of sp³-hybridized carbons (Fsp3) is 0.375. The average Bonchev–Trinajstić information content (AvgIpc) is 3.30. The average molecular weight is 494 g/mol. The summed E-state index contributed by atoms with van der Waals surface area (Å²) < 4.78 is 10.6. The Bertz CT molecular complexity index is 990. The summed E-state index contributed by atoms with van der Waals surface area (Å²) in [5.41, 5.74) is 1.49. The zero-order valence-corrected chi connectivity index (χ0v) is 19.6. The van der Waals surface area contributed by atoms with Crippen molar-refractivity contribution in [3.8, 4) is 5.75 Å². The summed E-state index contributed by atoms with van der Waals surface area (Å²) in [6.45, 7) is 0.206. The number of nitrogens with one attached hydrogen (secondary N) is 1. The Labute approximate surface area is 202 Å². The minimum absolute atomic E-state index is 0.206. The highest BCUT2D eigenvalue weighted by Crippen LogP contribution is 2.31. The van der Waals surface area contributed by atoms with E-state index >= 15 is 0 Å². The molecule has 0 saturated heterocycles. The van der Waals surface area contributed by atoms with Crippen molar-refractivity contribution >= 4 is 41.0 Å². The van der Waals surface area contributed by atoms with Crippen molar-refractivity contribution in [2.75, 3.05) is 7.11 Å². The van der Waals surface area contributed by atoms with Crippen LogP contribution in [-0.2, 0) is 32.1 Å². The van der Waals surface area contributed by atoms with Crippen molar-refractivity contribution in [2.24, 2.45) is 11.8 Å². The summed E-state index contributed by atoms with van der Waals surface area (Å²) in [7, 11) is 1.26. The van der Waals surface area contributed by atoms with Gasteiger partial charge in [0.05, 0.1) is 13.0 Å². The molecule has 0 spiro atoms. The molecule has 1 amide bonds. The van der Waals surface area contributed by atoms with E-state index in [-0.39, 0.29) is 25.4 Å². The van der Waals surface area contributed by atoms with Gasteiger partial charge in [0.2, 0.25) is 5.91 Å². The second-order valence-corrected chi connectivity index (χ2v) is 8.78.